The molecule has 128 valence electrons. The van der Waals surface area contributed by atoms with Gasteiger partial charge in [-0.25, -0.2) is 9.78 Å². The number of H-pyrrole nitrogens is 1. The molecule has 3 aromatic rings. The summed E-state index contributed by atoms with van der Waals surface area (Å²) in [5, 5.41) is 2.61. The zero-order chi connectivity index (χ0) is 18.0. The van der Waals surface area contributed by atoms with Crippen LogP contribution in [0.5, 0.6) is 0 Å². The van der Waals surface area contributed by atoms with Crippen molar-refractivity contribution in [3.8, 4) is 0 Å². The van der Waals surface area contributed by atoms with E-state index in [0.29, 0.717) is 16.6 Å². The lowest BCUT2D eigenvalue weighted by molar-refractivity contribution is -0.116. The first-order chi connectivity index (χ1) is 12.0. The van der Waals surface area contributed by atoms with Gasteiger partial charge in [0.1, 0.15) is 12.4 Å². The summed E-state index contributed by atoms with van der Waals surface area (Å²) < 4.78 is 1.35. The minimum atomic E-state index is -0.409. The Bertz CT molecular complexity index is 1000. The monoisotopic (exact) mass is 339 g/mol. The molecule has 0 saturated heterocycles. The van der Waals surface area contributed by atoms with Crippen molar-refractivity contribution < 1.29 is 9.59 Å². The third-order valence-electron chi connectivity index (χ3n) is 3.66. The first kappa shape index (κ1) is 16.4. The lowest BCUT2D eigenvalue weighted by Gasteiger charge is -2.11. The second-order valence-corrected chi connectivity index (χ2v) is 5.71. The minimum Gasteiger partial charge on any atom is -0.345 e. The van der Waals surface area contributed by atoms with E-state index in [2.05, 4.69) is 15.3 Å². The quantitative estimate of drug-likeness (QED) is 0.742. The number of amides is 2. The molecule has 0 aliphatic rings. The third kappa shape index (κ3) is 3.42. The second-order valence-electron chi connectivity index (χ2n) is 5.71. The molecule has 0 fully saturated rings. The van der Waals surface area contributed by atoms with E-state index in [0.717, 1.165) is 0 Å². The van der Waals surface area contributed by atoms with Gasteiger partial charge in [0.2, 0.25) is 5.91 Å². The summed E-state index contributed by atoms with van der Waals surface area (Å²) >= 11 is 0. The zero-order valence-corrected chi connectivity index (χ0v) is 13.8. The number of anilines is 1. The summed E-state index contributed by atoms with van der Waals surface area (Å²) in [6.45, 7) is -0.156. The van der Waals surface area contributed by atoms with Crippen LogP contribution in [0.15, 0.2) is 47.4 Å². The predicted molar refractivity (Wildman–Crippen MR) is 93.4 cm³/mol. The second kappa shape index (κ2) is 6.60. The van der Waals surface area contributed by atoms with E-state index in [-0.39, 0.29) is 24.0 Å². The number of nitrogens with one attached hydrogen (secondary N) is 2. The molecule has 0 atom stereocenters. The Morgan fingerprint density at radius 3 is 2.76 bits per heavy atom. The van der Waals surface area contributed by atoms with Crippen LogP contribution < -0.4 is 11.0 Å². The van der Waals surface area contributed by atoms with E-state index >= 15 is 0 Å². The highest BCUT2D eigenvalue weighted by atomic mass is 16.2. The number of carbonyl (C=O) groups is 2. The van der Waals surface area contributed by atoms with E-state index < -0.39 is 5.91 Å². The van der Waals surface area contributed by atoms with Crippen molar-refractivity contribution >= 4 is 28.7 Å². The largest absolute Gasteiger partial charge is 0.345 e. The molecular formula is C17H17N5O3. The fourth-order valence-corrected chi connectivity index (χ4v) is 2.48. The molecule has 0 aliphatic heterocycles. The standard InChI is InChI=1S/C17H17N5O3/c1-21(2)16(24)11-7-8-18-14(9-11)20-15(23)10-22-13-6-4-3-5-12(13)19-17(22)25/h3-9H,10H2,1-2H3,(H,19,25)(H,18,20,23). The van der Waals surface area contributed by atoms with Gasteiger partial charge in [-0.1, -0.05) is 12.1 Å². The van der Waals surface area contributed by atoms with E-state index in [1.165, 1.54) is 21.7 Å². The number of aromatic nitrogens is 3. The molecule has 2 amide bonds. The van der Waals surface area contributed by atoms with Crippen LogP contribution in [0.3, 0.4) is 0 Å². The molecule has 2 aromatic heterocycles. The molecule has 25 heavy (non-hydrogen) atoms. The summed E-state index contributed by atoms with van der Waals surface area (Å²) in [7, 11) is 3.29. The fraction of sp³-hybridized carbons (Fsp3) is 0.176. The number of hydrogen-bond donors (Lipinski definition) is 2. The van der Waals surface area contributed by atoms with Crippen LogP contribution in [-0.4, -0.2) is 45.3 Å². The van der Waals surface area contributed by atoms with Gasteiger partial charge in [0.15, 0.2) is 0 Å². The van der Waals surface area contributed by atoms with Crippen molar-refractivity contribution in [3.63, 3.8) is 0 Å². The number of hydrogen-bond acceptors (Lipinski definition) is 4. The molecule has 1 aromatic carbocycles. The molecule has 0 unspecified atom stereocenters. The Balaban J connectivity index is 1.79. The fourth-order valence-electron chi connectivity index (χ4n) is 2.48. The predicted octanol–water partition coefficient (Wildman–Crippen LogP) is 1.07. The van der Waals surface area contributed by atoms with E-state index in [9.17, 15) is 14.4 Å². The first-order valence-electron chi connectivity index (χ1n) is 7.61. The van der Waals surface area contributed by atoms with Gasteiger partial charge in [-0.05, 0) is 24.3 Å². The van der Waals surface area contributed by atoms with Crippen molar-refractivity contribution in [1.82, 2.24) is 19.4 Å². The van der Waals surface area contributed by atoms with Crippen molar-refractivity contribution in [3.05, 3.63) is 58.6 Å². The molecule has 0 radical (unpaired) electrons. The highest BCUT2D eigenvalue weighted by Crippen LogP contribution is 2.11. The number of nitrogens with zero attached hydrogens (tertiary/aromatic N) is 3. The lowest BCUT2D eigenvalue weighted by atomic mass is 10.2. The zero-order valence-electron chi connectivity index (χ0n) is 13.8. The Morgan fingerprint density at radius 2 is 2.00 bits per heavy atom. The average Bonchev–Trinajstić information content (AvgIpc) is 2.90. The number of imidazole rings is 1. The van der Waals surface area contributed by atoms with Crippen LogP contribution in [0.25, 0.3) is 11.0 Å². The van der Waals surface area contributed by atoms with Crippen molar-refractivity contribution in [1.29, 1.82) is 0 Å². The SMILES string of the molecule is CN(C)C(=O)c1ccnc(NC(=O)Cn2c(=O)[nH]c3ccccc32)c1. The summed E-state index contributed by atoms with van der Waals surface area (Å²) in [6.07, 6.45) is 1.45. The molecule has 0 spiro atoms. The number of aromatic amines is 1. The first-order valence-corrected chi connectivity index (χ1v) is 7.61. The number of fused-ring (bicyclic) bond motifs is 1. The van der Waals surface area contributed by atoms with Gasteiger partial charge < -0.3 is 15.2 Å². The molecule has 8 nitrogen and oxygen atoms in total. The maximum Gasteiger partial charge on any atom is 0.326 e. The lowest BCUT2D eigenvalue weighted by Crippen LogP contribution is -2.26. The Labute approximate surface area is 143 Å². The molecule has 2 N–H and O–H groups in total. The molecular weight excluding hydrogens is 322 g/mol. The number of carbonyl (C=O) groups excluding carboxylic acids is 2. The summed E-state index contributed by atoms with van der Waals surface area (Å²) in [4.78, 5) is 44.4. The normalized spacial score (nSPS) is 10.6. The van der Waals surface area contributed by atoms with Crippen LogP contribution in [0.4, 0.5) is 5.82 Å². The third-order valence-corrected chi connectivity index (χ3v) is 3.66. The molecule has 3 rings (SSSR count). The van der Waals surface area contributed by atoms with Gasteiger partial charge in [0.25, 0.3) is 5.91 Å². The number of benzene rings is 1. The van der Waals surface area contributed by atoms with Gasteiger partial charge in [-0.15, -0.1) is 0 Å². The van der Waals surface area contributed by atoms with Crippen LogP contribution >= 0.6 is 0 Å². The van der Waals surface area contributed by atoms with Gasteiger partial charge in [-0.2, -0.15) is 0 Å². The van der Waals surface area contributed by atoms with Crippen molar-refractivity contribution in [2.24, 2.45) is 0 Å². The van der Waals surface area contributed by atoms with Crippen molar-refractivity contribution in [2.45, 2.75) is 6.54 Å². The smallest absolute Gasteiger partial charge is 0.326 e. The number of para-hydroxylation sites is 2. The van der Waals surface area contributed by atoms with Crippen LogP contribution in [-0.2, 0) is 11.3 Å². The van der Waals surface area contributed by atoms with Crippen LogP contribution in [0.2, 0.25) is 0 Å². The maximum atomic E-state index is 12.3. The Hall–Kier alpha value is -3.42. The number of pyridine rings is 1. The topological polar surface area (TPSA) is 100 Å². The van der Waals surface area contributed by atoms with Gasteiger partial charge in [-0.3, -0.25) is 14.2 Å². The summed E-state index contributed by atoms with van der Waals surface area (Å²) in [5.41, 5.74) is 1.37. The summed E-state index contributed by atoms with van der Waals surface area (Å²) in [5.74, 6) is -0.342. The highest BCUT2D eigenvalue weighted by Gasteiger charge is 2.13. The molecule has 0 aliphatic carbocycles. The van der Waals surface area contributed by atoms with E-state index in [1.54, 1.807) is 44.4 Å². The van der Waals surface area contributed by atoms with Gasteiger partial charge >= 0.3 is 5.69 Å². The van der Waals surface area contributed by atoms with Crippen LogP contribution in [0.1, 0.15) is 10.4 Å². The summed E-state index contributed by atoms with van der Waals surface area (Å²) in [6, 6.07) is 10.2. The minimum absolute atomic E-state index is 0.156. The van der Waals surface area contributed by atoms with E-state index in [4.69, 9.17) is 0 Å². The van der Waals surface area contributed by atoms with Gasteiger partial charge in [0, 0.05) is 25.9 Å². The maximum absolute atomic E-state index is 12.3. The molecule has 0 bridgehead atoms. The molecule has 2 heterocycles. The average molecular weight is 339 g/mol. The van der Waals surface area contributed by atoms with Crippen molar-refractivity contribution in [2.75, 3.05) is 19.4 Å². The highest BCUT2D eigenvalue weighted by molar-refractivity contribution is 5.96. The number of rotatable bonds is 4. The molecule has 0 saturated carbocycles. The Kier molecular flexibility index (Phi) is 4.34. The van der Waals surface area contributed by atoms with Gasteiger partial charge in [0.05, 0.1) is 11.0 Å². The van der Waals surface area contributed by atoms with E-state index in [1.807, 2.05) is 0 Å². The van der Waals surface area contributed by atoms with Crippen LogP contribution in [0, 0.1) is 0 Å². The molecule has 8 heteroatoms. The Morgan fingerprint density at radius 1 is 1.24 bits per heavy atom.